The van der Waals surface area contributed by atoms with Gasteiger partial charge < -0.3 is 0 Å². The molecular formula is C92H78N6. The lowest BCUT2D eigenvalue weighted by molar-refractivity contribution is 0.353. The number of benzene rings is 10. The average Bonchev–Trinajstić information content (AvgIpc) is 0.781. The zero-order chi connectivity index (χ0) is 66.7. The molecule has 4 heterocycles. The van der Waals surface area contributed by atoms with Gasteiger partial charge in [0, 0.05) is 52.0 Å². The molecule has 0 radical (unpaired) electrons. The number of hydrogen-bond acceptors (Lipinski definition) is 6. The van der Waals surface area contributed by atoms with E-state index in [2.05, 4.69) is 321 Å². The molecule has 1 saturated carbocycles. The maximum Gasteiger partial charge on any atom is 0.165 e. The van der Waals surface area contributed by atoms with E-state index in [9.17, 15) is 0 Å². The number of hydrogen-bond donors (Lipinski definition) is 0. The van der Waals surface area contributed by atoms with Crippen molar-refractivity contribution < 1.29 is 0 Å². The van der Waals surface area contributed by atoms with Gasteiger partial charge in [0.15, 0.2) is 17.5 Å². The van der Waals surface area contributed by atoms with E-state index >= 15 is 0 Å². The second-order valence-electron chi connectivity index (χ2n) is 28.3. The Bertz CT molecular complexity index is 4870. The van der Waals surface area contributed by atoms with Crippen molar-refractivity contribution in [3.8, 4) is 124 Å². The Kier molecular flexibility index (Phi) is 17.3. The maximum absolute atomic E-state index is 5.16. The molecule has 2 unspecified atom stereocenters. The third kappa shape index (κ3) is 13.5. The summed E-state index contributed by atoms with van der Waals surface area (Å²) in [5.74, 6) is 2.55. The zero-order valence-corrected chi connectivity index (χ0v) is 56.5. The van der Waals surface area contributed by atoms with Crippen LogP contribution < -0.4 is 0 Å². The minimum Gasteiger partial charge on any atom is -0.256 e. The quantitative estimate of drug-likeness (QED) is 0.108. The van der Waals surface area contributed by atoms with Gasteiger partial charge in [-0.05, 0) is 180 Å². The van der Waals surface area contributed by atoms with Gasteiger partial charge in [-0.1, -0.05) is 284 Å². The van der Waals surface area contributed by atoms with Gasteiger partial charge in [0.1, 0.15) is 0 Å². The highest BCUT2D eigenvalue weighted by Crippen LogP contribution is 2.53. The second-order valence-corrected chi connectivity index (χ2v) is 28.3. The topological polar surface area (TPSA) is 77.3 Å². The van der Waals surface area contributed by atoms with Crippen LogP contribution >= 0.6 is 0 Å². The lowest BCUT2D eigenvalue weighted by atomic mass is 9.66. The molecule has 98 heavy (non-hydrogen) atoms. The van der Waals surface area contributed by atoms with Crippen LogP contribution in [0.5, 0.6) is 0 Å². The molecule has 10 aromatic carbocycles. The van der Waals surface area contributed by atoms with Crippen molar-refractivity contribution in [2.75, 3.05) is 0 Å². The summed E-state index contributed by atoms with van der Waals surface area (Å²) in [5, 5.41) is 0. The van der Waals surface area contributed by atoms with Gasteiger partial charge in [-0.15, -0.1) is 0 Å². The molecule has 2 atom stereocenters. The standard InChI is InChI=1S/C92H78N6/c1-91(2,3)77-49-51-93-86(58-77)67-43-37-64(38-44-67)80-30-14-17-33-83(80)75-55-74(56-76(57-75)84-34-18-15-31-81(84)65-39-45-68(46-40-65)87-59-78(50-52-94-87)92(4,5)6)82-32-16-13-29-79(82)63-35-41-66(42-36-63)85-48-47-73(60-95-85)90-97-88(71-27-19-25-69(53-71)61-21-9-7-10-22-61)96-89(98-90)72-28-20-26-70(54-72)62-23-11-8-12-24-62/h7-54,58-60,74-76H,55-57H2,1-6H3. The van der Waals surface area contributed by atoms with Crippen LogP contribution in [0.4, 0.5) is 0 Å². The fourth-order valence-electron chi connectivity index (χ4n) is 14.4. The van der Waals surface area contributed by atoms with Crippen molar-refractivity contribution in [2.45, 2.75) is 89.4 Å². The smallest absolute Gasteiger partial charge is 0.165 e. The van der Waals surface area contributed by atoms with Crippen molar-refractivity contribution in [2.24, 2.45) is 0 Å². The van der Waals surface area contributed by atoms with E-state index in [4.69, 9.17) is 29.9 Å². The first kappa shape index (κ1) is 62.8. The number of aromatic nitrogens is 6. The van der Waals surface area contributed by atoms with Crippen LogP contribution in [0.15, 0.2) is 310 Å². The van der Waals surface area contributed by atoms with E-state index in [0.29, 0.717) is 17.5 Å². The van der Waals surface area contributed by atoms with Crippen LogP contribution in [0.3, 0.4) is 0 Å². The molecule has 0 spiro atoms. The Morgan fingerprint density at radius 2 is 0.561 bits per heavy atom. The third-order valence-electron chi connectivity index (χ3n) is 19.7. The Hall–Kier alpha value is -11.3. The highest BCUT2D eigenvalue weighted by Gasteiger charge is 2.35. The van der Waals surface area contributed by atoms with E-state index in [-0.39, 0.29) is 28.6 Å². The second kappa shape index (κ2) is 27.0. The molecule has 0 amide bonds. The van der Waals surface area contributed by atoms with Crippen LogP contribution in [-0.2, 0) is 10.8 Å². The van der Waals surface area contributed by atoms with E-state index in [0.717, 1.165) is 92.0 Å². The van der Waals surface area contributed by atoms with Gasteiger partial charge >= 0.3 is 0 Å². The number of nitrogens with zero attached hydrogens (tertiary/aromatic N) is 6. The van der Waals surface area contributed by atoms with Gasteiger partial charge in [-0.2, -0.15) is 0 Å². The zero-order valence-electron chi connectivity index (χ0n) is 56.5. The van der Waals surface area contributed by atoms with Crippen molar-refractivity contribution >= 4 is 0 Å². The SMILES string of the molecule is CC(C)(C)c1ccnc(-c2ccc(-c3ccccc3C3CC(c4ccccc4-c4ccc(-c5ccc(-c6nc(-c7cccc(-c8ccccc8)c7)nc(-c7cccc(-c8ccccc8)c7)n6)cn5)cc4)CC(c4ccccc4-c4ccc(-c5cc(C(C)(C)C)ccn5)cc4)C3)cc2)c1. The summed E-state index contributed by atoms with van der Waals surface area (Å²) < 4.78 is 0. The van der Waals surface area contributed by atoms with Crippen LogP contribution in [-0.4, -0.2) is 29.9 Å². The predicted octanol–water partition coefficient (Wildman–Crippen LogP) is 23.8. The Labute approximate surface area is 577 Å². The number of rotatable bonds is 14. The summed E-state index contributed by atoms with van der Waals surface area (Å²) in [6, 6.07) is 105. The first-order valence-corrected chi connectivity index (χ1v) is 34.4. The molecule has 0 bridgehead atoms. The van der Waals surface area contributed by atoms with E-state index < -0.39 is 0 Å². The van der Waals surface area contributed by atoms with E-state index in [1.54, 1.807) is 0 Å². The number of pyridine rings is 3. The van der Waals surface area contributed by atoms with Gasteiger partial charge in [0.25, 0.3) is 0 Å². The molecule has 15 rings (SSSR count). The van der Waals surface area contributed by atoms with Crippen LogP contribution in [0.2, 0.25) is 0 Å². The molecule has 476 valence electrons. The molecule has 0 N–H and O–H groups in total. The Morgan fingerprint density at radius 1 is 0.245 bits per heavy atom. The Morgan fingerprint density at radius 3 is 0.929 bits per heavy atom. The minimum atomic E-state index is 0.0280. The fourth-order valence-corrected chi connectivity index (χ4v) is 14.4. The normalized spacial score (nSPS) is 14.8. The van der Waals surface area contributed by atoms with Gasteiger partial charge in [-0.3, -0.25) is 15.0 Å². The first-order valence-electron chi connectivity index (χ1n) is 34.4. The molecule has 6 nitrogen and oxygen atoms in total. The molecule has 1 fully saturated rings. The third-order valence-corrected chi connectivity index (χ3v) is 19.7. The highest BCUT2D eigenvalue weighted by atomic mass is 15.0. The lowest BCUT2D eigenvalue weighted by Crippen LogP contribution is -2.21. The van der Waals surface area contributed by atoms with Crippen molar-refractivity contribution in [1.82, 2.24) is 29.9 Å². The average molecular weight is 1270 g/mol. The predicted molar refractivity (Wildman–Crippen MR) is 405 cm³/mol. The molecule has 14 aromatic rings. The van der Waals surface area contributed by atoms with Gasteiger partial charge in [0.2, 0.25) is 0 Å². The van der Waals surface area contributed by atoms with E-state index in [1.165, 1.54) is 61.2 Å². The summed E-state index contributed by atoms with van der Waals surface area (Å²) in [6.07, 6.45) is 8.85. The van der Waals surface area contributed by atoms with Crippen LogP contribution in [0, 0.1) is 0 Å². The molecule has 1 aliphatic rings. The molecule has 0 aliphatic heterocycles. The fraction of sp³-hybridized carbons (Fsp3) is 0.152. The van der Waals surface area contributed by atoms with Gasteiger partial charge in [-0.25, -0.2) is 15.0 Å². The van der Waals surface area contributed by atoms with Crippen LogP contribution in [0.25, 0.3) is 124 Å². The highest BCUT2D eigenvalue weighted by molar-refractivity contribution is 5.79. The minimum absolute atomic E-state index is 0.0280. The Balaban J connectivity index is 0.752. The van der Waals surface area contributed by atoms with E-state index in [1.807, 2.05) is 30.7 Å². The molecule has 4 aromatic heterocycles. The molecule has 0 saturated heterocycles. The van der Waals surface area contributed by atoms with Crippen molar-refractivity contribution in [1.29, 1.82) is 0 Å². The van der Waals surface area contributed by atoms with Crippen LogP contribution in [0.1, 0.15) is 106 Å². The summed E-state index contributed by atoms with van der Waals surface area (Å²) in [6.45, 7) is 13.5. The van der Waals surface area contributed by atoms with Crippen molar-refractivity contribution in [3.63, 3.8) is 0 Å². The van der Waals surface area contributed by atoms with Gasteiger partial charge in [0.05, 0.1) is 17.1 Å². The first-order chi connectivity index (χ1) is 47.8. The molecule has 6 heteroatoms. The molecule has 1 aliphatic carbocycles. The largest absolute Gasteiger partial charge is 0.256 e. The summed E-state index contributed by atoms with van der Waals surface area (Å²) in [4.78, 5) is 30.3. The summed E-state index contributed by atoms with van der Waals surface area (Å²) in [5.41, 5.74) is 27.4. The summed E-state index contributed by atoms with van der Waals surface area (Å²) >= 11 is 0. The lowest BCUT2D eigenvalue weighted by Gasteiger charge is -2.38. The van der Waals surface area contributed by atoms with Crippen molar-refractivity contribution in [3.05, 3.63) is 338 Å². The summed E-state index contributed by atoms with van der Waals surface area (Å²) in [7, 11) is 0. The maximum atomic E-state index is 5.16. The molecular weight excluding hydrogens is 1190 g/mol. The monoisotopic (exact) mass is 1270 g/mol.